The molecule has 110 valence electrons. The number of halogens is 3. The first kappa shape index (κ1) is 19.0. The van der Waals surface area contributed by atoms with E-state index in [-0.39, 0.29) is 24.7 Å². The molecule has 0 aromatic heterocycles. The topological polar surface area (TPSA) is 72.2 Å². The van der Waals surface area contributed by atoms with Crippen LogP contribution >= 0.6 is 35.6 Å². The lowest BCUT2D eigenvalue weighted by Gasteiger charge is -2.19. The molecule has 0 spiro atoms. The van der Waals surface area contributed by atoms with E-state index in [0.29, 0.717) is 15.6 Å². The van der Waals surface area contributed by atoms with Gasteiger partial charge in [-0.1, -0.05) is 29.3 Å². The van der Waals surface area contributed by atoms with Gasteiger partial charge in [-0.05, 0) is 31.5 Å². The minimum atomic E-state index is -3.43. The van der Waals surface area contributed by atoms with Gasteiger partial charge in [0.15, 0.2) is 0 Å². The Morgan fingerprint density at radius 1 is 1.26 bits per heavy atom. The summed E-state index contributed by atoms with van der Waals surface area (Å²) in [5.74, 6) is -0.153. The van der Waals surface area contributed by atoms with Crippen molar-refractivity contribution in [2.24, 2.45) is 5.73 Å². The molecule has 0 saturated carbocycles. The van der Waals surface area contributed by atoms with E-state index in [1.807, 2.05) is 0 Å². The summed E-state index contributed by atoms with van der Waals surface area (Å²) in [6.07, 6.45) is 0. The molecule has 8 heteroatoms. The smallest absolute Gasteiger partial charge is 0.215 e. The number of nitrogens with one attached hydrogen (secondary N) is 1. The summed E-state index contributed by atoms with van der Waals surface area (Å²) >= 11 is 11.6. The number of sulfonamides is 1. The number of nitrogens with two attached hydrogens (primary N) is 1. The van der Waals surface area contributed by atoms with Crippen molar-refractivity contribution in [2.45, 2.75) is 25.1 Å². The van der Waals surface area contributed by atoms with E-state index < -0.39 is 15.6 Å². The van der Waals surface area contributed by atoms with E-state index in [0.717, 1.165) is 0 Å². The zero-order valence-corrected chi connectivity index (χ0v) is 13.8. The molecule has 0 aliphatic heterocycles. The highest BCUT2D eigenvalue weighted by Gasteiger charge is 2.17. The van der Waals surface area contributed by atoms with Crippen molar-refractivity contribution in [1.82, 2.24) is 4.72 Å². The van der Waals surface area contributed by atoms with Crippen LogP contribution in [0.15, 0.2) is 18.2 Å². The van der Waals surface area contributed by atoms with Gasteiger partial charge in [0.25, 0.3) is 0 Å². The average molecular weight is 348 g/mol. The number of hydrogen-bond donors (Lipinski definition) is 2. The third-order valence-corrected chi connectivity index (χ3v) is 4.12. The molecular weight excluding hydrogens is 331 g/mol. The fourth-order valence-electron chi connectivity index (χ4n) is 1.20. The van der Waals surface area contributed by atoms with Crippen LogP contribution in [0.5, 0.6) is 0 Å². The van der Waals surface area contributed by atoms with Crippen molar-refractivity contribution >= 4 is 45.6 Å². The molecule has 0 fully saturated rings. The Labute approximate surface area is 130 Å². The highest BCUT2D eigenvalue weighted by molar-refractivity contribution is 7.88. The van der Waals surface area contributed by atoms with Crippen LogP contribution in [0.3, 0.4) is 0 Å². The van der Waals surface area contributed by atoms with E-state index >= 15 is 0 Å². The molecule has 0 saturated heterocycles. The Balaban J connectivity index is 0.00000324. The van der Waals surface area contributed by atoms with Crippen LogP contribution in [-0.2, 0) is 15.8 Å². The second-order valence-electron chi connectivity index (χ2n) is 4.82. The second kappa shape index (κ2) is 7.11. The van der Waals surface area contributed by atoms with Crippen LogP contribution < -0.4 is 10.5 Å². The van der Waals surface area contributed by atoms with Gasteiger partial charge in [-0.25, -0.2) is 13.1 Å². The largest absolute Gasteiger partial charge is 0.324 e. The van der Waals surface area contributed by atoms with E-state index in [9.17, 15) is 8.42 Å². The SMILES string of the molecule is CC(C)(N)CNS(=O)(=O)Cc1ccc(Cl)c(Cl)c1.Cl. The number of benzene rings is 1. The summed E-state index contributed by atoms with van der Waals surface area (Å²) < 4.78 is 26.1. The normalized spacial score (nSPS) is 12.1. The van der Waals surface area contributed by atoms with Crippen molar-refractivity contribution in [3.63, 3.8) is 0 Å². The molecule has 0 unspecified atom stereocenters. The minimum Gasteiger partial charge on any atom is -0.324 e. The van der Waals surface area contributed by atoms with Crippen molar-refractivity contribution in [3.05, 3.63) is 33.8 Å². The van der Waals surface area contributed by atoms with Crippen LogP contribution in [-0.4, -0.2) is 20.5 Å². The summed E-state index contributed by atoms with van der Waals surface area (Å²) in [5, 5.41) is 0.734. The molecule has 0 aliphatic carbocycles. The predicted octanol–water partition coefficient (Wildman–Crippen LogP) is 2.57. The third kappa shape index (κ3) is 7.34. The van der Waals surface area contributed by atoms with Gasteiger partial charge < -0.3 is 5.73 Å². The molecular formula is C11H17Cl3N2O2S. The molecule has 3 N–H and O–H groups in total. The van der Waals surface area contributed by atoms with Crippen molar-refractivity contribution in [2.75, 3.05) is 6.54 Å². The standard InChI is InChI=1S/C11H16Cl2N2O2S.ClH/c1-11(2,14)7-15-18(16,17)6-8-3-4-9(12)10(13)5-8;/h3-5,15H,6-7,14H2,1-2H3;1H. The van der Waals surface area contributed by atoms with Gasteiger partial charge in [-0.3, -0.25) is 0 Å². The molecule has 0 bridgehead atoms. The second-order valence-corrected chi connectivity index (χ2v) is 7.44. The maximum atomic E-state index is 11.8. The van der Waals surface area contributed by atoms with Crippen LogP contribution in [0, 0.1) is 0 Å². The summed E-state index contributed by atoms with van der Waals surface area (Å²) in [5.41, 5.74) is 5.70. The quantitative estimate of drug-likeness (QED) is 0.860. The van der Waals surface area contributed by atoms with Crippen molar-refractivity contribution < 1.29 is 8.42 Å². The molecule has 1 rings (SSSR count). The molecule has 1 aromatic carbocycles. The fourth-order valence-corrected chi connectivity index (χ4v) is 2.83. The Kier molecular flexibility index (Phi) is 7.09. The van der Waals surface area contributed by atoms with Gasteiger partial charge >= 0.3 is 0 Å². The van der Waals surface area contributed by atoms with E-state index in [1.54, 1.807) is 26.0 Å². The van der Waals surface area contributed by atoms with Crippen LogP contribution in [0.2, 0.25) is 10.0 Å². The molecule has 1 aromatic rings. The van der Waals surface area contributed by atoms with Gasteiger partial charge in [0.2, 0.25) is 10.0 Å². The lowest BCUT2D eigenvalue weighted by Crippen LogP contribution is -2.45. The maximum Gasteiger partial charge on any atom is 0.215 e. The summed E-state index contributed by atoms with van der Waals surface area (Å²) in [6, 6.07) is 4.74. The van der Waals surface area contributed by atoms with Gasteiger partial charge in [-0.2, -0.15) is 0 Å². The van der Waals surface area contributed by atoms with E-state index in [2.05, 4.69) is 4.72 Å². The van der Waals surface area contributed by atoms with Gasteiger partial charge in [0, 0.05) is 12.1 Å². The average Bonchev–Trinajstić information content (AvgIpc) is 2.20. The molecule has 0 heterocycles. The lowest BCUT2D eigenvalue weighted by atomic mass is 10.1. The third-order valence-electron chi connectivity index (χ3n) is 2.09. The Morgan fingerprint density at radius 2 is 1.84 bits per heavy atom. The van der Waals surface area contributed by atoms with E-state index in [1.165, 1.54) is 6.07 Å². The molecule has 0 atom stereocenters. The first-order chi connectivity index (χ1) is 8.09. The van der Waals surface area contributed by atoms with Crippen LogP contribution in [0.4, 0.5) is 0 Å². The van der Waals surface area contributed by atoms with Gasteiger partial charge in [0.1, 0.15) is 0 Å². The molecule has 0 amide bonds. The lowest BCUT2D eigenvalue weighted by molar-refractivity contribution is 0.497. The fraction of sp³-hybridized carbons (Fsp3) is 0.455. The molecule has 0 radical (unpaired) electrons. The van der Waals surface area contributed by atoms with Crippen LogP contribution in [0.1, 0.15) is 19.4 Å². The Hall–Kier alpha value is -0.0400. The zero-order chi connectivity index (χ0) is 14.0. The first-order valence-electron chi connectivity index (χ1n) is 5.29. The highest BCUT2D eigenvalue weighted by atomic mass is 35.5. The maximum absolute atomic E-state index is 11.8. The Bertz CT molecular complexity index is 527. The summed E-state index contributed by atoms with van der Waals surface area (Å²) in [6.45, 7) is 3.67. The molecule has 4 nitrogen and oxygen atoms in total. The molecule has 0 aliphatic rings. The number of hydrogen-bond acceptors (Lipinski definition) is 3. The monoisotopic (exact) mass is 346 g/mol. The first-order valence-corrected chi connectivity index (χ1v) is 7.70. The molecule has 19 heavy (non-hydrogen) atoms. The Morgan fingerprint density at radius 3 is 2.32 bits per heavy atom. The van der Waals surface area contributed by atoms with Crippen molar-refractivity contribution in [3.8, 4) is 0 Å². The van der Waals surface area contributed by atoms with Crippen LogP contribution in [0.25, 0.3) is 0 Å². The number of rotatable bonds is 5. The van der Waals surface area contributed by atoms with E-state index in [4.69, 9.17) is 28.9 Å². The minimum absolute atomic E-state index is 0. The van der Waals surface area contributed by atoms with Gasteiger partial charge in [-0.15, -0.1) is 12.4 Å². The van der Waals surface area contributed by atoms with Gasteiger partial charge in [0.05, 0.1) is 15.8 Å². The zero-order valence-electron chi connectivity index (χ0n) is 10.6. The predicted molar refractivity (Wildman–Crippen MR) is 82.6 cm³/mol. The highest BCUT2D eigenvalue weighted by Crippen LogP contribution is 2.23. The van der Waals surface area contributed by atoms with Crippen molar-refractivity contribution in [1.29, 1.82) is 0 Å². The summed E-state index contributed by atoms with van der Waals surface area (Å²) in [7, 11) is -3.43. The summed E-state index contributed by atoms with van der Waals surface area (Å²) in [4.78, 5) is 0.